The number of nitrogens with two attached hydrogens (primary N) is 1. The molecule has 2 aliphatic heterocycles. The van der Waals surface area contributed by atoms with Gasteiger partial charge < -0.3 is 19.9 Å². The molecule has 0 radical (unpaired) electrons. The monoisotopic (exact) mass is 288 g/mol. The smallest absolute Gasteiger partial charge is 0.351 e. The van der Waals surface area contributed by atoms with E-state index >= 15 is 0 Å². The van der Waals surface area contributed by atoms with E-state index < -0.39 is 35.4 Å². The molecule has 3 rings (SSSR count). The van der Waals surface area contributed by atoms with Crippen LogP contribution < -0.4 is 11.4 Å². The van der Waals surface area contributed by atoms with Crippen LogP contribution in [0.1, 0.15) is 27.0 Å². The predicted octanol–water partition coefficient (Wildman–Crippen LogP) is 0.402. The van der Waals surface area contributed by atoms with Crippen molar-refractivity contribution < 1.29 is 18.6 Å². The van der Waals surface area contributed by atoms with Crippen LogP contribution in [0.5, 0.6) is 0 Å². The molecule has 3 heterocycles. The number of ether oxygens (including phenoxy) is 3. The van der Waals surface area contributed by atoms with Gasteiger partial charge in [-0.2, -0.15) is 4.98 Å². The van der Waals surface area contributed by atoms with Gasteiger partial charge >= 0.3 is 5.69 Å². The second-order valence-corrected chi connectivity index (χ2v) is 5.46. The lowest BCUT2D eigenvalue weighted by molar-refractivity contribution is -0.195. The number of hydrogen-bond acceptors (Lipinski definition) is 6. The number of halogens is 1. The topological polar surface area (TPSA) is 88.6 Å². The Hall–Kier alpha value is -1.51. The number of nitrogen functional groups attached to an aromatic ring is 1. The highest BCUT2D eigenvalue weighted by Crippen LogP contribution is 2.42. The second-order valence-electron chi connectivity index (χ2n) is 5.46. The molecule has 1 unspecified atom stereocenters. The minimum Gasteiger partial charge on any atom is -0.381 e. The fourth-order valence-corrected chi connectivity index (χ4v) is 2.64. The molecule has 8 heteroatoms. The minimum atomic E-state index is -0.785. The van der Waals surface area contributed by atoms with Crippen LogP contribution >= 0.6 is 0 Å². The first kappa shape index (κ1) is 13.5. The van der Waals surface area contributed by atoms with Crippen molar-refractivity contribution in [3.8, 4) is 0 Å². The molecule has 1 aromatic heterocycles. The summed E-state index contributed by atoms with van der Waals surface area (Å²) < 4.78 is 31.7. The summed E-state index contributed by atoms with van der Waals surface area (Å²) in [4.78, 5) is 15.3. The normalized spacial score (nSPS) is 35.2. The Labute approximate surface area is 114 Å². The van der Waals surface area contributed by atoms with Gasteiger partial charge in [0.1, 0.15) is 12.2 Å². The standard InChI is InChI=1S/C12H16FN3O4/c1-5-7-8(20-12(2,3)19-7)10(18-5)16-4-6(13)9(14)15-11(16)17/h4-5,7-8,10H,1-3H3,(H2,14,15,17)/t5-,7?,8+,10-/m1/s1/i11+1,15+1,16+1. The van der Waals surface area contributed by atoms with Gasteiger partial charge in [0.25, 0.3) is 0 Å². The van der Waals surface area contributed by atoms with Gasteiger partial charge in [0.2, 0.25) is 0 Å². The van der Waals surface area contributed by atoms with Crippen LogP contribution in [-0.4, -0.2) is 33.7 Å². The third-order valence-corrected chi connectivity index (χ3v) is 3.47. The van der Waals surface area contributed by atoms with Crippen LogP contribution in [0.3, 0.4) is 0 Å². The number of rotatable bonds is 1. The van der Waals surface area contributed by atoms with E-state index in [1.807, 2.05) is 6.92 Å². The first-order valence-corrected chi connectivity index (χ1v) is 6.34. The van der Waals surface area contributed by atoms with Crippen molar-refractivity contribution in [3.63, 3.8) is 0 Å². The van der Waals surface area contributed by atoms with Gasteiger partial charge in [0.15, 0.2) is 23.7 Å². The summed E-state index contributed by atoms with van der Waals surface area (Å²) in [6.45, 7) is 5.37. The molecule has 0 saturated carbocycles. The van der Waals surface area contributed by atoms with E-state index in [-0.39, 0.29) is 12.2 Å². The third kappa shape index (κ3) is 2.00. The molecule has 110 valence electrons. The van der Waals surface area contributed by atoms with E-state index in [0.29, 0.717) is 0 Å². The van der Waals surface area contributed by atoms with Crippen LogP contribution in [0.25, 0.3) is 0 Å². The minimum absolute atomic E-state index is 0.278. The lowest BCUT2D eigenvalue weighted by Crippen LogP contribution is -2.35. The van der Waals surface area contributed by atoms with Crippen LogP contribution in [0.15, 0.2) is 11.0 Å². The lowest BCUT2D eigenvalue weighted by atomic mass is 10.1. The molecular formula is C12H16FN3O4. The lowest BCUT2D eigenvalue weighted by Gasteiger charge is -2.23. The number of nitrogens with zero attached hydrogens (tertiary/aromatic N) is 2. The maximum Gasteiger partial charge on any atom is 0.351 e. The SMILES string of the molecule is C[C@H]1O[C@@H]([15n]2cc(F)c(N)[15n][13c]2=O)[C@H]2OC(C)(C)OC12. The van der Waals surface area contributed by atoms with Gasteiger partial charge in [-0.1, -0.05) is 0 Å². The molecule has 0 aliphatic carbocycles. The highest BCUT2D eigenvalue weighted by atomic mass is 19.1. The maximum absolute atomic E-state index is 13.5. The second kappa shape index (κ2) is 4.24. The zero-order valence-corrected chi connectivity index (χ0v) is 11.4. The number of aromatic nitrogens is 2. The fourth-order valence-electron chi connectivity index (χ4n) is 2.64. The van der Waals surface area contributed by atoms with Crippen molar-refractivity contribution in [2.75, 3.05) is 5.73 Å². The first-order chi connectivity index (χ1) is 9.28. The number of fused-ring (bicyclic) bond motifs is 1. The predicted molar refractivity (Wildman–Crippen MR) is 66.3 cm³/mol. The Balaban J connectivity index is 1.99. The summed E-state index contributed by atoms with van der Waals surface area (Å²) in [5, 5.41) is 0. The van der Waals surface area contributed by atoms with Gasteiger partial charge in [0, 0.05) is 0 Å². The van der Waals surface area contributed by atoms with Gasteiger partial charge in [-0.3, -0.25) is 4.57 Å². The summed E-state index contributed by atoms with van der Waals surface area (Å²) in [7, 11) is 0. The van der Waals surface area contributed by atoms with Gasteiger partial charge in [-0.15, -0.1) is 0 Å². The van der Waals surface area contributed by atoms with E-state index in [9.17, 15) is 9.18 Å². The van der Waals surface area contributed by atoms with Crippen LogP contribution in [0.2, 0.25) is 0 Å². The van der Waals surface area contributed by atoms with E-state index in [4.69, 9.17) is 19.9 Å². The van der Waals surface area contributed by atoms with Crippen LogP contribution in [0.4, 0.5) is 10.2 Å². The third-order valence-electron chi connectivity index (χ3n) is 3.47. The quantitative estimate of drug-likeness (QED) is 0.804. The molecule has 0 spiro atoms. The number of anilines is 1. The zero-order valence-electron chi connectivity index (χ0n) is 11.4. The number of hydrogen-bond donors (Lipinski definition) is 1. The molecule has 2 saturated heterocycles. The Morgan fingerprint density at radius 1 is 1.40 bits per heavy atom. The molecule has 2 aliphatic rings. The Morgan fingerprint density at radius 3 is 2.75 bits per heavy atom. The molecule has 0 aromatic carbocycles. The average Bonchev–Trinajstić information content (AvgIpc) is 2.80. The van der Waals surface area contributed by atoms with E-state index in [1.165, 1.54) is 0 Å². The van der Waals surface area contributed by atoms with E-state index in [2.05, 4.69) is 4.98 Å². The largest absolute Gasteiger partial charge is 0.381 e. The molecule has 1 aromatic rings. The highest BCUT2D eigenvalue weighted by molar-refractivity contribution is 5.26. The molecule has 20 heavy (non-hydrogen) atoms. The van der Waals surface area contributed by atoms with Gasteiger partial charge in [-0.25, -0.2) is 9.18 Å². The van der Waals surface area contributed by atoms with Crippen molar-refractivity contribution in [1.82, 2.24) is 9.55 Å². The van der Waals surface area contributed by atoms with Crippen molar-refractivity contribution >= 4 is 5.82 Å². The van der Waals surface area contributed by atoms with Gasteiger partial charge in [0.05, 0.1) is 12.3 Å². The van der Waals surface area contributed by atoms with Crippen molar-refractivity contribution in [2.45, 2.75) is 51.1 Å². The highest BCUT2D eigenvalue weighted by Gasteiger charge is 2.54. The van der Waals surface area contributed by atoms with Gasteiger partial charge in [-0.05, 0) is 20.8 Å². The van der Waals surface area contributed by atoms with Crippen molar-refractivity contribution in [1.29, 1.82) is 0 Å². The van der Waals surface area contributed by atoms with E-state index in [0.717, 1.165) is 10.8 Å². The molecule has 2 N–H and O–H groups in total. The molecule has 2 fully saturated rings. The molecular weight excluding hydrogens is 272 g/mol. The molecule has 4 atom stereocenters. The molecule has 7 nitrogen and oxygen atoms in total. The summed E-state index contributed by atoms with van der Waals surface area (Å²) in [5.41, 5.74) is 4.58. The molecule has 0 bridgehead atoms. The van der Waals surface area contributed by atoms with Crippen LogP contribution in [-0.2, 0) is 14.2 Å². The van der Waals surface area contributed by atoms with Crippen LogP contribution in [0, 0.1) is 5.82 Å². The van der Waals surface area contributed by atoms with E-state index in [1.54, 1.807) is 13.8 Å². The average molecular weight is 288 g/mol. The van der Waals surface area contributed by atoms with Crippen molar-refractivity contribution in [2.24, 2.45) is 0 Å². The first-order valence-electron chi connectivity index (χ1n) is 6.34. The summed E-state index contributed by atoms with van der Waals surface area (Å²) >= 11 is 0. The Kier molecular flexibility index (Phi) is 2.86. The Bertz CT molecular complexity index is 603. The van der Waals surface area contributed by atoms with Crippen molar-refractivity contribution in [3.05, 3.63) is 22.5 Å². The summed E-state index contributed by atoms with van der Waals surface area (Å²) in [6.07, 6.45) is -0.893. The zero-order chi connectivity index (χ0) is 14.7. The fraction of sp³-hybridized carbons (Fsp3) is 0.667. The maximum atomic E-state index is 13.5. The molecule has 0 amide bonds. The Morgan fingerprint density at radius 2 is 2.05 bits per heavy atom. The summed E-state index contributed by atoms with van der Waals surface area (Å²) in [5.74, 6) is -1.98. The summed E-state index contributed by atoms with van der Waals surface area (Å²) in [6, 6.07) is 0.